The van der Waals surface area contributed by atoms with Crippen molar-refractivity contribution >= 4 is 17.4 Å². The molecule has 0 aliphatic carbocycles. The van der Waals surface area contributed by atoms with Gasteiger partial charge in [0, 0.05) is 10.6 Å². The molecule has 1 unspecified atom stereocenters. The van der Waals surface area contributed by atoms with Crippen molar-refractivity contribution in [3.05, 3.63) is 131 Å². The van der Waals surface area contributed by atoms with Crippen LogP contribution in [0.25, 0.3) is 11.1 Å². The van der Waals surface area contributed by atoms with Crippen molar-refractivity contribution in [2.24, 2.45) is 10.7 Å². The second-order valence-electron chi connectivity index (χ2n) is 7.27. The van der Waals surface area contributed by atoms with Crippen molar-refractivity contribution in [1.29, 1.82) is 0 Å². The van der Waals surface area contributed by atoms with Gasteiger partial charge < -0.3 is 11.1 Å². The normalized spacial score (nSPS) is 12.4. The molecule has 0 aliphatic heterocycles. The molecule has 0 saturated carbocycles. The smallest absolute Gasteiger partial charge is 0.130 e. The molecule has 4 rings (SSSR count). The molecule has 154 valence electrons. The summed E-state index contributed by atoms with van der Waals surface area (Å²) in [6.45, 7) is 0.577. The van der Waals surface area contributed by atoms with Crippen LogP contribution in [0.3, 0.4) is 0 Å². The Hall–Kier alpha value is -3.40. The molecule has 0 aromatic heterocycles. The average Bonchev–Trinajstić information content (AvgIpc) is 2.83. The van der Waals surface area contributed by atoms with Gasteiger partial charge in [0.15, 0.2) is 0 Å². The third-order valence-electron chi connectivity index (χ3n) is 5.01. The second-order valence-corrected chi connectivity index (χ2v) is 7.71. The third kappa shape index (κ3) is 5.60. The van der Waals surface area contributed by atoms with Gasteiger partial charge >= 0.3 is 0 Å². The number of halogens is 1. The maximum Gasteiger partial charge on any atom is 0.130 e. The minimum absolute atomic E-state index is 0.408. The van der Waals surface area contributed by atoms with Crippen molar-refractivity contribution in [1.82, 2.24) is 5.32 Å². The summed E-state index contributed by atoms with van der Waals surface area (Å²) < 4.78 is 0. The zero-order valence-corrected chi connectivity index (χ0v) is 17.8. The van der Waals surface area contributed by atoms with Gasteiger partial charge in [-0.15, -0.1) is 0 Å². The fourth-order valence-electron chi connectivity index (χ4n) is 3.38. The summed E-state index contributed by atoms with van der Waals surface area (Å²) in [7, 11) is 0. The third-order valence-corrected chi connectivity index (χ3v) is 5.24. The van der Waals surface area contributed by atoms with Gasteiger partial charge in [0.2, 0.25) is 0 Å². The van der Waals surface area contributed by atoms with Crippen LogP contribution in [-0.4, -0.2) is 5.84 Å². The Morgan fingerprint density at radius 2 is 1.42 bits per heavy atom. The molecule has 31 heavy (non-hydrogen) atoms. The van der Waals surface area contributed by atoms with E-state index in [1.54, 1.807) is 0 Å². The first-order chi connectivity index (χ1) is 15.2. The summed E-state index contributed by atoms with van der Waals surface area (Å²) in [6.07, 6.45) is -0.408. The zero-order chi connectivity index (χ0) is 21.5. The van der Waals surface area contributed by atoms with Crippen LogP contribution in [0.1, 0.15) is 22.9 Å². The quantitative estimate of drug-likeness (QED) is 0.219. The van der Waals surface area contributed by atoms with Gasteiger partial charge in [-0.1, -0.05) is 103 Å². The van der Waals surface area contributed by atoms with E-state index in [9.17, 15) is 0 Å². The molecule has 0 fully saturated rings. The first kappa shape index (κ1) is 20.9. The van der Waals surface area contributed by atoms with Gasteiger partial charge in [-0.25, -0.2) is 0 Å². The van der Waals surface area contributed by atoms with E-state index in [2.05, 4.69) is 29.6 Å². The Morgan fingerprint density at radius 1 is 0.774 bits per heavy atom. The highest BCUT2D eigenvalue weighted by atomic mass is 35.5. The van der Waals surface area contributed by atoms with Gasteiger partial charge in [-0.2, -0.15) is 0 Å². The van der Waals surface area contributed by atoms with Gasteiger partial charge in [0.05, 0.1) is 6.54 Å². The summed E-state index contributed by atoms with van der Waals surface area (Å²) in [5.41, 5.74) is 11.8. The average molecular weight is 426 g/mol. The number of benzene rings is 4. The lowest BCUT2D eigenvalue weighted by Crippen LogP contribution is -2.34. The molecule has 4 aromatic carbocycles. The van der Waals surface area contributed by atoms with Crippen LogP contribution in [0.15, 0.2) is 114 Å². The lowest BCUT2D eigenvalue weighted by Gasteiger charge is -2.19. The Labute approximate surface area is 188 Å². The highest BCUT2D eigenvalue weighted by Crippen LogP contribution is 2.25. The molecule has 0 aliphatic rings. The molecule has 0 bridgehead atoms. The Kier molecular flexibility index (Phi) is 6.78. The monoisotopic (exact) mass is 425 g/mol. The summed E-state index contributed by atoms with van der Waals surface area (Å²) in [5, 5.41) is 4.12. The Bertz CT molecular complexity index is 1160. The predicted octanol–water partition coefficient (Wildman–Crippen LogP) is 6.20. The van der Waals surface area contributed by atoms with Crippen LogP contribution in [0.2, 0.25) is 5.02 Å². The lowest BCUT2D eigenvalue weighted by atomic mass is 10.0. The number of aliphatic imine (C=N–C) groups is 1. The topological polar surface area (TPSA) is 50.4 Å². The van der Waals surface area contributed by atoms with Crippen molar-refractivity contribution in [2.75, 3.05) is 0 Å². The molecule has 3 nitrogen and oxygen atoms in total. The number of rotatable bonds is 6. The first-order valence-corrected chi connectivity index (χ1v) is 10.6. The molecule has 0 saturated heterocycles. The molecular weight excluding hydrogens is 402 g/mol. The van der Waals surface area contributed by atoms with E-state index in [0.29, 0.717) is 11.6 Å². The van der Waals surface area contributed by atoms with E-state index in [-0.39, 0.29) is 0 Å². The van der Waals surface area contributed by atoms with Crippen LogP contribution in [0.4, 0.5) is 0 Å². The summed E-state index contributed by atoms with van der Waals surface area (Å²) in [5.74, 6) is 0.769. The fourth-order valence-corrected chi connectivity index (χ4v) is 3.57. The largest absolute Gasteiger partial charge is 0.351 e. The lowest BCUT2D eigenvalue weighted by molar-refractivity contribution is 0.679. The maximum atomic E-state index is 6.56. The van der Waals surface area contributed by atoms with Gasteiger partial charge in [-0.3, -0.25) is 4.99 Å². The highest BCUT2D eigenvalue weighted by molar-refractivity contribution is 6.30. The van der Waals surface area contributed by atoms with Crippen molar-refractivity contribution in [2.45, 2.75) is 12.7 Å². The van der Waals surface area contributed by atoms with E-state index >= 15 is 0 Å². The first-order valence-electron chi connectivity index (χ1n) is 10.2. The van der Waals surface area contributed by atoms with Gasteiger partial charge in [0.1, 0.15) is 12.0 Å². The minimum Gasteiger partial charge on any atom is -0.351 e. The minimum atomic E-state index is -0.408. The molecular formula is C27H24ClN3. The van der Waals surface area contributed by atoms with E-state index in [0.717, 1.165) is 33.7 Å². The maximum absolute atomic E-state index is 6.56. The van der Waals surface area contributed by atoms with Crippen molar-refractivity contribution < 1.29 is 0 Å². The van der Waals surface area contributed by atoms with Gasteiger partial charge in [0.25, 0.3) is 0 Å². The standard InChI is InChI=1S/C27H24ClN3/c28-25-16-8-14-23(18-25)22-13-7-15-24(17-22)26(29)31-27(21-11-5-2-6-12-21)30-19-20-9-3-1-4-10-20/h1-18,26H,19,29H2,(H,30,31). The van der Waals surface area contributed by atoms with Crippen LogP contribution in [-0.2, 0) is 6.54 Å². The SMILES string of the molecule is NC(NC(=NCc1ccccc1)c1ccccc1)c1cccc(-c2cccc(Cl)c2)c1. The summed E-state index contributed by atoms with van der Waals surface area (Å²) in [4.78, 5) is 4.83. The van der Waals surface area contributed by atoms with Crippen LogP contribution in [0.5, 0.6) is 0 Å². The fraction of sp³-hybridized carbons (Fsp3) is 0.0741. The molecule has 3 N–H and O–H groups in total. The molecule has 0 amide bonds. The number of nitrogens with zero attached hydrogens (tertiary/aromatic N) is 1. The molecule has 0 radical (unpaired) electrons. The number of nitrogens with one attached hydrogen (secondary N) is 1. The molecule has 0 heterocycles. The van der Waals surface area contributed by atoms with E-state index < -0.39 is 6.17 Å². The van der Waals surface area contributed by atoms with Crippen LogP contribution in [0, 0.1) is 0 Å². The summed E-state index contributed by atoms with van der Waals surface area (Å²) in [6, 6.07) is 36.2. The zero-order valence-electron chi connectivity index (χ0n) is 17.1. The highest BCUT2D eigenvalue weighted by Gasteiger charge is 2.11. The van der Waals surface area contributed by atoms with Crippen molar-refractivity contribution in [3.8, 4) is 11.1 Å². The van der Waals surface area contributed by atoms with E-state index in [1.807, 2.05) is 84.9 Å². The molecule has 4 heteroatoms. The van der Waals surface area contributed by atoms with Crippen molar-refractivity contribution in [3.63, 3.8) is 0 Å². The van der Waals surface area contributed by atoms with Crippen LogP contribution < -0.4 is 11.1 Å². The number of nitrogens with two attached hydrogens (primary N) is 1. The number of hydrogen-bond donors (Lipinski definition) is 2. The predicted molar refractivity (Wildman–Crippen MR) is 130 cm³/mol. The van der Waals surface area contributed by atoms with E-state index in [1.165, 1.54) is 0 Å². The van der Waals surface area contributed by atoms with E-state index in [4.69, 9.17) is 22.3 Å². The second kappa shape index (κ2) is 10.1. The van der Waals surface area contributed by atoms with Crippen LogP contribution >= 0.6 is 11.6 Å². The van der Waals surface area contributed by atoms with Gasteiger partial charge in [-0.05, 0) is 40.5 Å². The number of amidine groups is 1. The number of hydrogen-bond acceptors (Lipinski definition) is 2. The Morgan fingerprint density at radius 3 is 2.13 bits per heavy atom. The molecule has 4 aromatic rings. The molecule has 1 atom stereocenters. The summed E-state index contributed by atoms with van der Waals surface area (Å²) >= 11 is 6.17. The Balaban J connectivity index is 1.59. The molecule has 0 spiro atoms.